The van der Waals surface area contributed by atoms with Crippen molar-refractivity contribution in [2.75, 3.05) is 31.1 Å². The molecular formula is C12H17N3. The lowest BCUT2D eigenvalue weighted by atomic mass is 10.2. The van der Waals surface area contributed by atoms with Crippen LogP contribution in [0.25, 0.3) is 6.08 Å². The molecule has 0 aromatic carbocycles. The van der Waals surface area contributed by atoms with Crippen LogP contribution in [0.3, 0.4) is 0 Å². The van der Waals surface area contributed by atoms with Crippen molar-refractivity contribution in [1.82, 2.24) is 10.3 Å². The fourth-order valence-electron chi connectivity index (χ4n) is 1.84. The molecule has 1 aromatic rings. The van der Waals surface area contributed by atoms with Crippen molar-refractivity contribution in [3.63, 3.8) is 0 Å². The minimum atomic E-state index is 1.04. The van der Waals surface area contributed by atoms with E-state index in [4.69, 9.17) is 0 Å². The molecule has 0 amide bonds. The molecule has 15 heavy (non-hydrogen) atoms. The number of aryl methyl sites for hydroxylation is 1. The van der Waals surface area contributed by atoms with Crippen molar-refractivity contribution in [3.8, 4) is 0 Å². The highest BCUT2D eigenvalue weighted by Gasteiger charge is 2.11. The van der Waals surface area contributed by atoms with Crippen LogP contribution in [-0.4, -0.2) is 31.2 Å². The van der Waals surface area contributed by atoms with Crippen molar-refractivity contribution in [1.29, 1.82) is 0 Å². The van der Waals surface area contributed by atoms with Crippen LogP contribution in [-0.2, 0) is 0 Å². The van der Waals surface area contributed by atoms with Gasteiger partial charge in [0.1, 0.15) is 5.82 Å². The van der Waals surface area contributed by atoms with Gasteiger partial charge in [0.05, 0.1) is 0 Å². The number of nitrogens with zero attached hydrogens (tertiary/aromatic N) is 2. The normalized spacial score (nSPS) is 16.5. The Balaban J connectivity index is 2.21. The number of hydrogen-bond donors (Lipinski definition) is 1. The summed E-state index contributed by atoms with van der Waals surface area (Å²) < 4.78 is 0. The summed E-state index contributed by atoms with van der Waals surface area (Å²) in [4.78, 5) is 6.91. The van der Waals surface area contributed by atoms with Crippen molar-refractivity contribution < 1.29 is 0 Å². The third-order valence-electron chi connectivity index (χ3n) is 2.77. The number of pyridine rings is 1. The van der Waals surface area contributed by atoms with E-state index in [1.165, 1.54) is 0 Å². The summed E-state index contributed by atoms with van der Waals surface area (Å²) in [7, 11) is 0. The molecule has 0 bridgehead atoms. The minimum Gasteiger partial charge on any atom is -0.354 e. The first kappa shape index (κ1) is 10.2. The smallest absolute Gasteiger partial charge is 0.128 e. The van der Waals surface area contributed by atoms with E-state index in [2.05, 4.69) is 33.9 Å². The molecule has 2 heterocycles. The Labute approximate surface area is 90.8 Å². The summed E-state index contributed by atoms with van der Waals surface area (Å²) in [5.41, 5.74) is 2.18. The van der Waals surface area contributed by atoms with E-state index in [0.29, 0.717) is 0 Å². The molecule has 2 rings (SSSR count). The van der Waals surface area contributed by atoms with Crippen LogP contribution in [0.15, 0.2) is 18.7 Å². The predicted molar refractivity (Wildman–Crippen MR) is 64.1 cm³/mol. The Bertz CT molecular complexity index is 354. The third-order valence-corrected chi connectivity index (χ3v) is 2.77. The number of piperazine rings is 1. The second kappa shape index (κ2) is 4.45. The standard InChI is InChI=1S/C12H17N3/c1-3-11-4-5-12(14-10(11)2)15-8-6-13-7-9-15/h3-5,13H,1,6-9H2,2H3. The molecule has 3 nitrogen and oxygen atoms in total. The van der Waals surface area contributed by atoms with Gasteiger partial charge < -0.3 is 10.2 Å². The van der Waals surface area contributed by atoms with E-state index < -0.39 is 0 Å². The molecule has 0 unspecified atom stereocenters. The Kier molecular flexibility index (Phi) is 3.02. The average Bonchev–Trinajstić information content (AvgIpc) is 2.30. The summed E-state index contributed by atoms with van der Waals surface area (Å²) in [5.74, 6) is 1.08. The third kappa shape index (κ3) is 2.18. The van der Waals surface area contributed by atoms with Gasteiger partial charge in [0.15, 0.2) is 0 Å². The molecule has 1 aromatic heterocycles. The van der Waals surface area contributed by atoms with E-state index in [-0.39, 0.29) is 0 Å². The summed E-state index contributed by atoms with van der Waals surface area (Å²) in [5, 5.41) is 3.34. The van der Waals surface area contributed by atoms with Crippen LogP contribution in [0.5, 0.6) is 0 Å². The highest BCUT2D eigenvalue weighted by atomic mass is 15.2. The van der Waals surface area contributed by atoms with Gasteiger partial charge >= 0.3 is 0 Å². The van der Waals surface area contributed by atoms with Gasteiger partial charge in [-0.05, 0) is 24.6 Å². The predicted octanol–water partition coefficient (Wildman–Crippen LogP) is 1.44. The Morgan fingerprint density at radius 1 is 1.40 bits per heavy atom. The molecule has 80 valence electrons. The molecule has 0 atom stereocenters. The lowest BCUT2D eigenvalue weighted by Gasteiger charge is -2.28. The topological polar surface area (TPSA) is 28.2 Å². The maximum absolute atomic E-state index is 4.59. The zero-order valence-corrected chi connectivity index (χ0v) is 9.16. The molecule has 1 saturated heterocycles. The molecule has 1 N–H and O–H groups in total. The van der Waals surface area contributed by atoms with Crippen molar-refractivity contribution in [3.05, 3.63) is 30.0 Å². The maximum atomic E-state index is 4.59. The molecule has 1 aliphatic heterocycles. The second-order valence-corrected chi connectivity index (χ2v) is 3.79. The van der Waals surface area contributed by atoms with Crippen LogP contribution in [0.2, 0.25) is 0 Å². The highest BCUT2D eigenvalue weighted by molar-refractivity contribution is 5.53. The fraction of sp³-hybridized carbons (Fsp3) is 0.417. The van der Waals surface area contributed by atoms with E-state index in [1.807, 2.05) is 13.0 Å². The number of aromatic nitrogens is 1. The van der Waals surface area contributed by atoms with Crippen LogP contribution >= 0.6 is 0 Å². The van der Waals surface area contributed by atoms with Gasteiger partial charge in [-0.3, -0.25) is 0 Å². The van der Waals surface area contributed by atoms with Gasteiger partial charge in [0, 0.05) is 31.9 Å². The molecule has 1 aliphatic rings. The number of anilines is 1. The van der Waals surface area contributed by atoms with Gasteiger partial charge in [-0.15, -0.1) is 0 Å². The van der Waals surface area contributed by atoms with Crippen LogP contribution in [0, 0.1) is 6.92 Å². The Hall–Kier alpha value is -1.35. The minimum absolute atomic E-state index is 1.04. The summed E-state index contributed by atoms with van der Waals surface area (Å²) in [6.07, 6.45) is 1.85. The van der Waals surface area contributed by atoms with E-state index in [0.717, 1.165) is 43.3 Å². The van der Waals surface area contributed by atoms with E-state index in [1.54, 1.807) is 0 Å². The lowest BCUT2D eigenvalue weighted by molar-refractivity contribution is 0.584. The van der Waals surface area contributed by atoms with Gasteiger partial charge in [0.25, 0.3) is 0 Å². The number of hydrogen-bond acceptors (Lipinski definition) is 3. The first-order valence-corrected chi connectivity index (χ1v) is 5.37. The maximum Gasteiger partial charge on any atom is 0.128 e. The van der Waals surface area contributed by atoms with Gasteiger partial charge in [-0.25, -0.2) is 4.98 Å². The highest BCUT2D eigenvalue weighted by Crippen LogP contribution is 2.15. The van der Waals surface area contributed by atoms with Crippen LogP contribution < -0.4 is 10.2 Å². The zero-order chi connectivity index (χ0) is 10.7. The molecule has 1 fully saturated rings. The average molecular weight is 203 g/mol. The van der Waals surface area contributed by atoms with E-state index >= 15 is 0 Å². The lowest BCUT2D eigenvalue weighted by Crippen LogP contribution is -2.43. The van der Waals surface area contributed by atoms with E-state index in [9.17, 15) is 0 Å². The first-order chi connectivity index (χ1) is 7.31. The van der Waals surface area contributed by atoms with Crippen molar-refractivity contribution >= 4 is 11.9 Å². The van der Waals surface area contributed by atoms with Crippen molar-refractivity contribution in [2.24, 2.45) is 0 Å². The largest absolute Gasteiger partial charge is 0.354 e. The molecule has 0 radical (unpaired) electrons. The number of nitrogens with one attached hydrogen (secondary N) is 1. The quantitative estimate of drug-likeness (QED) is 0.788. The molecule has 0 aliphatic carbocycles. The molecule has 0 saturated carbocycles. The molecule has 0 spiro atoms. The van der Waals surface area contributed by atoms with Gasteiger partial charge in [0.2, 0.25) is 0 Å². The van der Waals surface area contributed by atoms with Crippen LogP contribution in [0.1, 0.15) is 11.3 Å². The first-order valence-electron chi connectivity index (χ1n) is 5.37. The number of rotatable bonds is 2. The summed E-state index contributed by atoms with van der Waals surface area (Å²) in [6, 6.07) is 4.17. The monoisotopic (exact) mass is 203 g/mol. The second-order valence-electron chi connectivity index (χ2n) is 3.79. The fourth-order valence-corrected chi connectivity index (χ4v) is 1.84. The van der Waals surface area contributed by atoms with Crippen LogP contribution in [0.4, 0.5) is 5.82 Å². The Morgan fingerprint density at radius 2 is 2.13 bits per heavy atom. The molecule has 3 heteroatoms. The molecular weight excluding hydrogens is 186 g/mol. The zero-order valence-electron chi connectivity index (χ0n) is 9.16. The van der Waals surface area contributed by atoms with Crippen molar-refractivity contribution in [2.45, 2.75) is 6.92 Å². The Morgan fingerprint density at radius 3 is 2.73 bits per heavy atom. The summed E-state index contributed by atoms with van der Waals surface area (Å²) >= 11 is 0. The summed E-state index contributed by atoms with van der Waals surface area (Å²) in [6.45, 7) is 9.98. The van der Waals surface area contributed by atoms with Gasteiger partial charge in [-0.1, -0.05) is 12.7 Å². The van der Waals surface area contributed by atoms with Gasteiger partial charge in [-0.2, -0.15) is 0 Å². The SMILES string of the molecule is C=Cc1ccc(N2CCNCC2)nc1C.